The van der Waals surface area contributed by atoms with Crippen LogP contribution in [0.5, 0.6) is 0 Å². The summed E-state index contributed by atoms with van der Waals surface area (Å²) in [5.74, 6) is -0.293. The summed E-state index contributed by atoms with van der Waals surface area (Å²) in [7, 11) is 3.76. The second kappa shape index (κ2) is 4.35. The van der Waals surface area contributed by atoms with Gasteiger partial charge in [-0.25, -0.2) is 4.39 Å². The Bertz CT molecular complexity index is 286. The standard InChI is InChI=1S/C10H14FNO/c1-12(2)6-8-4-3-5-9(7-13)10(8)11/h3-5,13H,6-7H2,1-2H3. The van der Waals surface area contributed by atoms with E-state index >= 15 is 0 Å². The van der Waals surface area contributed by atoms with Gasteiger partial charge in [0.05, 0.1) is 6.61 Å². The molecule has 0 saturated carbocycles. The third-order valence-corrected chi connectivity index (χ3v) is 1.82. The fourth-order valence-electron chi connectivity index (χ4n) is 1.22. The van der Waals surface area contributed by atoms with Gasteiger partial charge in [0, 0.05) is 17.7 Å². The van der Waals surface area contributed by atoms with Crippen LogP contribution in [0, 0.1) is 5.82 Å². The van der Waals surface area contributed by atoms with E-state index in [0.29, 0.717) is 17.7 Å². The van der Waals surface area contributed by atoms with Gasteiger partial charge in [-0.2, -0.15) is 0 Å². The number of hydrogen-bond donors (Lipinski definition) is 1. The average Bonchev–Trinajstić information content (AvgIpc) is 2.08. The maximum Gasteiger partial charge on any atom is 0.133 e. The predicted octanol–water partition coefficient (Wildman–Crippen LogP) is 1.38. The van der Waals surface area contributed by atoms with Gasteiger partial charge in [0.1, 0.15) is 5.82 Å². The molecule has 1 aromatic rings. The molecule has 13 heavy (non-hydrogen) atoms. The molecule has 72 valence electrons. The molecule has 0 atom stereocenters. The Morgan fingerprint density at radius 2 is 1.92 bits per heavy atom. The molecule has 3 heteroatoms. The first-order chi connectivity index (χ1) is 6.15. The van der Waals surface area contributed by atoms with Gasteiger partial charge in [-0.05, 0) is 14.1 Å². The Balaban J connectivity index is 2.94. The smallest absolute Gasteiger partial charge is 0.133 e. The van der Waals surface area contributed by atoms with Crippen molar-refractivity contribution >= 4 is 0 Å². The zero-order valence-corrected chi connectivity index (χ0v) is 7.92. The predicted molar refractivity (Wildman–Crippen MR) is 49.7 cm³/mol. The molecule has 0 spiro atoms. The Labute approximate surface area is 77.6 Å². The highest BCUT2D eigenvalue weighted by atomic mass is 19.1. The zero-order valence-electron chi connectivity index (χ0n) is 7.92. The second-order valence-electron chi connectivity index (χ2n) is 3.29. The summed E-state index contributed by atoms with van der Waals surface area (Å²) in [6.45, 7) is 0.312. The molecule has 1 aromatic carbocycles. The lowest BCUT2D eigenvalue weighted by molar-refractivity contribution is 0.274. The lowest BCUT2D eigenvalue weighted by Crippen LogP contribution is -2.12. The van der Waals surface area contributed by atoms with E-state index in [1.54, 1.807) is 18.2 Å². The molecule has 0 aliphatic heterocycles. The molecule has 0 bridgehead atoms. The molecule has 0 saturated heterocycles. The van der Waals surface area contributed by atoms with Crippen molar-refractivity contribution in [1.82, 2.24) is 4.90 Å². The van der Waals surface area contributed by atoms with Crippen LogP contribution >= 0.6 is 0 Å². The van der Waals surface area contributed by atoms with Crippen LogP contribution in [-0.2, 0) is 13.2 Å². The van der Waals surface area contributed by atoms with Crippen molar-refractivity contribution in [3.05, 3.63) is 35.1 Å². The minimum Gasteiger partial charge on any atom is -0.392 e. The van der Waals surface area contributed by atoms with E-state index in [1.165, 1.54) is 0 Å². The molecule has 0 aromatic heterocycles. The molecule has 1 rings (SSSR count). The SMILES string of the molecule is CN(C)Cc1cccc(CO)c1F. The maximum atomic E-state index is 13.4. The highest BCUT2D eigenvalue weighted by molar-refractivity contribution is 5.25. The Morgan fingerprint density at radius 3 is 2.46 bits per heavy atom. The van der Waals surface area contributed by atoms with Crippen molar-refractivity contribution < 1.29 is 9.50 Å². The van der Waals surface area contributed by atoms with Crippen LogP contribution in [0.3, 0.4) is 0 Å². The van der Waals surface area contributed by atoms with Crippen LogP contribution in [-0.4, -0.2) is 24.1 Å². The molecule has 0 unspecified atom stereocenters. The second-order valence-corrected chi connectivity index (χ2v) is 3.29. The monoisotopic (exact) mass is 183 g/mol. The molecular weight excluding hydrogens is 169 g/mol. The summed E-state index contributed by atoms with van der Waals surface area (Å²) >= 11 is 0. The number of halogens is 1. The van der Waals surface area contributed by atoms with Crippen LogP contribution in [0.25, 0.3) is 0 Å². The van der Waals surface area contributed by atoms with Crippen molar-refractivity contribution in [3.63, 3.8) is 0 Å². The highest BCUT2D eigenvalue weighted by Gasteiger charge is 2.06. The van der Waals surface area contributed by atoms with Crippen LogP contribution in [0.15, 0.2) is 18.2 Å². The molecule has 0 fully saturated rings. The fraction of sp³-hybridized carbons (Fsp3) is 0.400. The van der Waals surface area contributed by atoms with Gasteiger partial charge in [-0.3, -0.25) is 0 Å². The minimum absolute atomic E-state index is 0.243. The number of hydrogen-bond acceptors (Lipinski definition) is 2. The Hall–Kier alpha value is -0.930. The van der Waals surface area contributed by atoms with E-state index in [-0.39, 0.29) is 12.4 Å². The third kappa shape index (κ3) is 2.50. The van der Waals surface area contributed by atoms with E-state index in [1.807, 2.05) is 19.0 Å². The van der Waals surface area contributed by atoms with Gasteiger partial charge < -0.3 is 10.0 Å². The first kappa shape index (κ1) is 10.2. The summed E-state index contributed by atoms with van der Waals surface area (Å²) in [6, 6.07) is 5.08. The molecule has 0 amide bonds. The first-order valence-corrected chi connectivity index (χ1v) is 4.17. The lowest BCUT2D eigenvalue weighted by atomic mass is 10.1. The van der Waals surface area contributed by atoms with Gasteiger partial charge in [0.25, 0.3) is 0 Å². The molecule has 0 aliphatic rings. The van der Waals surface area contributed by atoms with E-state index in [2.05, 4.69) is 0 Å². The van der Waals surface area contributed by atoms with Crippen molar-refractivity contribution in [1.29, 1.82) is 0 Å². The number of benzene rings is 1. The quantitative estimate of drug-likeness (QED) is 0.765. The van der Waals surface area contributed by atoms with E-state index in [0.717, 1.165) is 0 Å². The molecule has 0 heterocycles. The van der Waals surface area contributed by atoms with Crippen molar-refractivity contribution in [2.24, 2.45) is 0 Å². The van der Waals surface area contributed by atoms with Gasteiger partial charge in [-0.1, -0.05) is 18.2 Å². The summed E-state index contributed by atoms with van der Waals surface area (Å²) in [5, 5.41) is 8.82. The van der Waals surface area contributed by atoms with E-state index in [9.17, 15) is 4.39 Å². The van der Waals surface area contributed by atoms with Crippen LogP contribution in [0.1, 0.15) is 11.1 Å². The normalized spacial score (nSPS) is 10.8. The summed E-state index contributed by atoms with van der Waals surface area (Å²) < 4.78 is 13.4. The summed E-state index contributed by atoms with van der Waals surface area (Å²) in [6.07, 6.45) is 0. The molecule has 0 aliphatic carbocycles. The van der Waals surface area contributed by atoms with Crippen molar-refractivity contribution in [3.8, 4) is 0 Å². The largest absolute Gasteiger partial charge is 0.392 e. The molecule has 0 radical (unpaired) electrons. The van der Waals surface area contributed by atoms with Gasteiger partial charge >= 0.3 is 0 Å². The number of aliphatic hydroxyl groups excluding tert-OH is 1. The highest BCUT2D eigenvalue weighted by Crippen LogP contribution is 2.13. The topological polar surface area (TPSA) is 23.5 Å². The first-order valence-electron chi connectivity index (χ1n) is 4.17. The summed E-state index contributed by atoms with van der Waals surface area (Å²) in [5.41, 5.74) is 0.982. The number of rotatable bonds is 3. The van der Waals surface area contributed by atoms with Gasteiger partial charge in [0.2, 0.25) is 0 Å². The van der Waals surface area contributed by atoms with E-state index in [4.69, 9.17) is 5.11 Å². The Kier molecular flexibility index (Phi) is 3.39. The van der Waals surface area contributed by atoms with Gasteiger partial charge in [0.15, 0.2) is 0 Å². The fourth-order valence-corrected chi connectivity index (χ4v) is 1.22. The lowest BCUT2D eigenvalue weighted by Gasteiger charge is -2.11. The average molecular weight is 183 g/mol. The summed E-state index contributed by atoms with van der Waals surface area (Å²) in [4.78, 5) is 1.89. The van der Waals surface area contributed by atoms with Crippen LogP contribution < -0.4 is 0 Å². The van der Waals surface area contributed by atoms with Crippen LogP contribution in [0.2, 0.25) is 0 Å². The molecular formula is C10H14FNO. The Morgan fingerprint density at radius 1 is 1.31 bits per heavy atom. The number of nitrogens with zero attached hydrogens (tertiary/aromatic N) is 1. The van der Waals surface area contributed by atoms with Crippen molar-refractivity contribution in [2.75, 3.05) is 14.1 Å². The minimum atomic E-state index is -0.293. The molecule has 1 N–H and O–H groups in total. The van der Waals surface area contributed by atoms with Gasteiger partial charge in [-0.15, -0.1) is 0 Å². The third-order valence-electron chi connectivity index (χ3n) is 1.82. The zero-order chi connectivity index (χ0) is 9.84. The van der Waals surface area contributed by atoms with E-state index < -0.39 is 0 Å². The van der Waals surface area contributed by atoms with Crippen molar-refractivity contribution in [2.45, 2.75) is 13.2 Å². The molecule has 2 nitrogen and oxygen atoms in total. The maximum absolute atomic E-state index is 13.4. The number of aliphatic hydroxyl groups is 1. The van der Waals surface area contributed by atoms with Crippen LogP contribution in [0.4, 0.5) is 4.39 Å².